The van der Waals surface area contributed by atoms with Crippen LogP contribution in [0.15, 0.2) is 12.1 Å². The van der Waals surface area contributed by atoms with E-state index in [1.807, 2.05) is 0 Å². The summed E-state index contributed by atoms with van der Waals surface area (Å²) in [6, 6.07) is 2.95. The first-order valence-corrected chi connectivity index (χ1v) is 9.56. The van der Waals surface area contributed by atoms with Crippen molar-refractivity contribution in [2.75, 3.05) is 32.8 Å². The Morgan fingerprint density at radius 2 is 1.96 bits per heavy atom. The molecule has 1 atom stereocenters. The predicted molar refractivity (Wildman–Crippen MR) is 103 cm³/mol. The smallest absolute Gasteiger partial charge is 0.257 e. The third-order valence-corrected chi connectivity index (χ3v) is 5.23. The highest BCUT2D eigenvalue weighted by Gasteiger charge is 2.23. The Morgan fingerprint density at radius 1 is 1.23 bits per heavy atom. The van der Waals surface area contributed by atoms with E-state index in [9.17, 15) is 9.59 Å². The number of carbonyl (C=O) groups is 2. The Morgan fingerprint density at radius 3 is 2.69 bits per heavy atom. The second-order valence-electron chi connectivity index (χ2n) is 6.23. The molecule has 1 aromatic carbocycles. The number of primary amides is 1. The van der Waals surface area contributed by atoms with E-state index in [4.69, 9.17) is 45.3 Å². The number of rotatable bonds is 8. The van der Waals surface area contributed by atoms with Gasteiger partial charge in [0.05, 0.1) is 21.0 Å². The molecular weight excluding hydrogens is 401 g/mol. The maximum Gasteiger partial charge on any atom is 0.257 e. The zero-order valence-electron chi connectivity index (χ0n) is 14.3. The number of hydrogen-bond acceptors (Lipinski definition) is 4. The molecule has 2 amide bonds. The number of nitrogens with zero attached hydrogens (tertiary/aromatic N) is 1. The van der Waals surface area contributed by atoms with Crippen molar-refractivity contribution in [1.29, 1.82) is 0 Å². The summed E-state index contributed by atoms with van der Waals surface area (Å²) in [7, 11) is 0. The molecule has 0 bridgehead atoms. The Balaban J connectivity index is 1.65. The zero-order valence-corrected chi connectivity index (χ0v) is 16.5. The van der Waals surface area contributed by atoms with Crippen LogP contribution in [0.3, 0.4) is 0 Å². The molecule has 1 heterocycles. The van der Waals surface area contributed by atoms with Gasteiger partial charge in [-0.15, -0.1) is 0 Å². The van der Waals surface area contributed by atoms with Gasteiger partial charge >= 0.3 is 0 Å². The van der Waals surface area contributed by atoms with Gasteiger partial charge in [-0.2, -0.15) is 0 Å². The fraction of sp³-hybridized carbons (Fsp3) is 0.529. The van der Waals surface area contributed by atoms with Gasteiger partial charge in [-0.05, 0) is 38.4 Å². The van der Waals surface area contributed by atoms with E-state index < -0.39 is 0 Å². The van der Waals surface area contributed by atoms with E-state index in [0.717, 1.165) is 32.4 Å². The fourth-order valence-electron chi connectivity index (χ4n) is 2.83. The van der Waals surface area contributed by atoms with Gasteiger partial charge in [0.15, 0.2) is 6.61 Å². The molecule has 0 aliphatic carbocycles. The van der Waals surface area contributed by atoms with Gasteiger partial charge < -0.3 is 20.7 Å². The van der Waals surface area contributed by atoms with Crippen LogP contribution in [0.1, 0.15) is 19.3 Å². The Bertz CT molecular complexity index is 658. The maximum atomic E-state index is 11.9. The number of nitrogens with two attached hydrogens (primary N) is 1. The minimum atomic E-state index is -0.249. The van der Waals surface area contributed by atoms with Crippen LogP contribution in [-0.2, 0) is 9.59 Å². The Labute approximate surface area is 167 Å². The first-order valence-electron chi connectivity index (χ1n) is 8.42. The van der Waals surface area contributed by atoms with Gasteiger partial charge in [0.25, 0.3) is 5.91 Å². The summed E-state index contributed by atoms with van der Waals surface area (Å²) in [4.78, 5) is 25.3. The molecule has 2 rings (SSSR count). The topological polar surface area (TPSA) is 84.7 Å². The predicted octanol–water partition coefficient (Wildman–Crippen LogP) is 2.73. The first-order chi connectivity index (χ1) is 12.4. The number of nitrogens with one attached hydrogen (secondary N) is 1. The van der Waals surface area contributed by atoms with Crippen molar-refractivity contribution in [3.05, 3.63) is 27.2 Å². The lowest BCUT2D eigenvalue weighted by molar-refractivity contribution is -0.123. The molecule has 0 spiro atoms. The first kappa shape index (κ1) is 21.1. The van der Waals surface area contributed by atoms with Crippen LogP contribution < -0.4 is 15.8 Å². The number of piperidine rings is 1. The third-order valence-electron chi connectivity index (χ3n) is 4.21. The van der Waals surface area contributed by atoms with Gasteiger partial charge in [-0.1, -0.05) is 34.8 Å². The number of ether oxygens (including phenoxy) is 1. The molecule has 3 N–H and O–H groups in total. The molecule has 1 aliphatic heterocycles. The lowest BCUT2D eigenvalue weighted by Crippen LogP contribution is -2.42. The summed E-state index contributed by atoms with van der Waals surface area (Å²) in [6.45, 7) is 2.82. The summed E-state index contributed by atoms with van der Waals surface area (Å²) in [5.41, 5.74) is 5.37. The molecule has 0 aromatic heterocycles. The minimum absolute atomic E-state index is 0.0670. The van der Waals surface area contributed by atoms with Crippen molar-refractivity contribution in [2.24, 2.45) is 11.7 Å². The fourth-order valence-corrected chi connectivity index (χ4v) is 3.42. The summed E-state index contributed by atoms with van der Waals surface area (Å²) in [5.74, 6) is -0.244. The summed E-state index contributed by atoms with van der Waals surface area (Å²) < 4.78 is 5.37. The van der Waals surface area contributed by atoms with Crippen molar-refractivity contribution in [2.45, 2.75) is 19.3 Å². The van der Waals surface area contributed by atoms with Crippen LogP contribution in [0.5, 0.6) is 5.75 Å². The van der Waals surface area contributed by atoms with E-state index in [2.05, 4.69) is 10.2 Å². The van der Waals surface area contributed by atoms with Gasteiger partial charge in [0.1, 0.15) is 5.75 Å². The van der Waals surface area contributed by atoms with Gasteiger partial charge in [0.2, 0.25) is 5.91 Å². The standard InChI is InChI=1S/C17H22Cl3N3O3/c18-12-7-14(20)15(8-13(12)19)26-10-16(24)22-4-2-6-23-5-1-3-11(9-23)17(21)25/h7-8,11H,1-6,9-10H2,(H2,21,25)(H,22,24). The number of benzene rings is 1. The SMILES string of the molecule is NC(=O)C1CCCN(CCCNC(=O)COc2cc(Cl)c(Cl)cc2Cl)C1. The molecule has 144 valence electrons. The van der Waals surface area contributed by atoms with Gasteiger partial charge in [0, 0.05) is 19.2 Å². The lowest BCUT2D eigenvalue weighted by Gasteiger charge is -2.31. The Kier molecular flexibility index (Phi) is 8.28. The summed E-state index contributed by atoms with van der Waals surface area (Å²) in [5, 5.41) is 3.71. The highest BCUT2D eigenvalue weighted by atomic mass is 35.5. The van der Waals surface area contributed by atoms with E-state index in [-0.39, 0.29) is 24.3 Å². The van der Waals surface area contributed by atoms with Crippen LogP contribution in [0.2, 0.25) is 15.1 Å². The average molecular weight is 423 g/mol. The molecule has 0 saturated carbocycles. The largest absolute Gasteiger partial charge is 0.482 e. The molecule has 1 aliphatic rings. The molecule has 1 aromatic rings. The highest BCUT2D eigenvalue weighted by Crippen LogP contribution is 2.33. The normalized spacial score (nSPS) is 17.7. The van der Waals surface area contributed by atoms with Gasteiger partial charge in [-0.3, -0.25) is 9.59 Å². The van der Waals surface area contributed by atoms with Crippen LogP contribution >= 0.6 is 34.8 Å². The summed E-state index contributed by atoms with van der Waals surface area (Å²) >= 11 is 17.7. The molecule has 6 nitrogen and oxygen atoms in total. The third kappa shape index (κ3) is 6.50. The molecule has 1 fully saturated rings. The maximum absolute atomic E-state index is 11.9. The second-order valence-corrected chi connectivity index (χ2v) is 7.45. The lowest BCUT2D eigenvalue weighted by atomic mass is 9.97. The molecular formula is C17H22Cl3N3O3. The molecule has 26 heavy (non-hydrogen) atoms. The van der Waals surface area contributed by atoms with Crippen molar-refractivity contribution < 1.29 is 14.3 Å². The number of halogens is 3. The zero-order chi connectivity index (χ0) is 19.1. The highest BCUT2D eigenvalue weighted by molar-refractivity contribution is 6.43. The van der Waals surface area contributed by atoms with Crippen molar-refractivity contribution in [3.8, 4) is 5.75 Å². The average Bonchev–Trinajstić information content (AvgIpc) is 2.61. The summed E-state index contributed by atoms with van der Waals surface area (Å²) in [6.07, 6.45) is 2.61. The monoisotopic (exact) mass is 421 g/mol. The molecule has 0 radical (unpaired) electrons. The van der Waals surface area contributed by atoms with E-state index in [1.165, 1.54) is 12.1 Å². The number of likely N-dealkylation sites (tertiary alicyclic amines) is 1. The number of hydrogen-bond donors (Lipinski definition) is 2. The van der Waals surface area contributed by atoms with Crippen LogP contribution in [0.4, 0.5) is 0 Å². The van der Waals surface area contributed by atoms with Crippen molar-refractivity contribution in [3.63, 3.8) is 0 Å². The molecule has 1 saturated heterocycles. The minimum Gasteiger partial charge on any atom is -0.482 e. The Hall–Kier alpha value is -1.21. The number of carbonyl (C=O) groups excluding carboxylic acids is 2. The number of amides is 2. The molecule has 1 unspecified atom stereocenters. The van der Waals surface area contributed by atoms with E-state index >= 15 is 0 Å². The van der Waals surface area contributed by atoms with Crippen molar-refractivity contribution >= 4 is 46.6 Å². The molecule has 9 heteroatoms. The van der Waals surface area contributed by atoms with Crippen molar-refractivity contribution in [1.82, 2.24) is 10.2 Å². The second kappa shape index (κ2) is 10.2. The van der Waals surface area contributed by atoms with Crippen LogP contribution in [-0.4, -0.2) is 49.5 Å². The van der Waals surface area contributed by atoms with Crippen LogP contribution in [0, 0.1) is 5.92 Å². The quantitative estimate of drug-likeness (QED) is 0.498. The van der Waals surface area contributed by atoms with Gasteiger partial charge in [-0.25, -0.2) is 0 Å². The van der Waals surface area contributed by atoms with E-state index in [0.29, 0.717) is 33.9 Å². The van der Waals surface area contributed by atoms with E-state index in [1.54, 1.807) is 0 Å². The van der Waals surface area contributed by atoms with Crippen LogP contribution in [0.25, 0.3) is 0 Å².